The van der Waals surface area contributed by atoms with E-state index in [9.17, 15) is 9.59 Å². The van der Waals surface area contributed by atoms with Crippen molar-refractivity contribution in [2.24, 2.45) is 0 Å². The summed E-state index contributed by atoms with van der Waals surface area (Å²) in [5.74, 6) is -1.11. The smallest absolute Gasteiger partial charge is 0.339 e. The van der Waals surface area contributed by atoms with Gasteiger partial charge in [0.2, 0.25) is 0 Å². The molecule has 3 aromatic heterocycles. The number of anilines is 1. The van der Waals surface area contributed by atoms with Crippen molar-refractivity contribution in [3.63, 3.8) is 0 Å². The average Bonchev–Trinajstić information content (AvgIpc) is 3.21. The van der Waals surface area contributed by atoms with Gasteiger partial charge in [0.05, 0.1) is 26.9 Å². The number of thiazole rings is 1. The number of aromatic nitrogens is 3. The zero-order valence-corrected chi connectivity index (χ0v) is 16.2. The molecule has 0 aliphatic heterocycles. The first-order chi connectivity index (χ1) is 13.4. The number of pyridine rings is 1. The summed E-state index contributed by atoms with van der Waals surface area (Å²) in [6.45, 7) is 5.00. The van der Waals surface area contributed by atoms with E-state index in [0.717, 1.165) is 15.8 Å². The number of carbonyl (C=O) groups is 2. The van der Waals surface area contributed by atoms with Crippen LogP contribution in [-0.2, 0) is 9.53 Å². The number of nitrogens with one attached hydrogen (secondary N) is 1. The van der Waals surface area contributed by atoms with Gasteiger partial charge in [-0.1, -0.05) is 22.6 Å². The highest BCUT2D eigenvalue weighted by Gasteiger charge is 2.20. The Hall–Kier alpha value is -3.33. The van der Waals surface area contributed by atoms with Gasteiger partial charge < -0.3 is 9.26 Å². The molecule has 9 heteroatoms. The number of benzene rings is 1. The van der Waals surface area contributed by atoms with Gasteiger partial charge in [0, 0.05) is 5.69 Å². The number of hydrogen-bond donors (Lipinski definition) is 1. The maximum Gasteiger partial charge on any atom is 0.339 e. The molecule has 8 nitrogen and oxygen atoms in total. The van der Waals surface area contributed by atoms with Crippen molar-refractivity contribution in [3.05, 3.63) is 46.8 Å². The van der Waals surface area contributed by atoms with Crippen LogP contribution in [-0.4, -0.2) is 33.6 Å². The van der Waals surface area contributed by atoms with Crippen LogP contribution in [0, 0.1) is 20.8 Å². The molecule has 0 aliphatic rings. The fraction of sp³-hybridized carbons (Fsp3) is 0.211. The van der Waals surface area contributed by atoms with Gasteiger partial charge in [0.1, 0.15) is 0 Å². The second kappa shape index (κ2) is 7.01. The van der Waals surface area contributed by atoms with Crippen LogP contribution in [0.1, 0.15) is 27.3 Å². The van der Waals surface area contributed by atoms with Crippen molar-refractivity contribution in [3.8, 4) is 0 Å². The van der Waals surface area contributed by atoms with E-state index < -0.39 is 18.5 Å². The topological polar surface area (TPSA) is 107 Å². The van der Waals surface area contributed by atoms with Gasteiger partial charge in [0.15, 0.2) is 11.7 Å². The fourth-order valence-corrected chi connectivity index (χ4v) is 3.81. The van der Waals surface area contributed by atoms with E-state index in [1.807, 2.05) is 25.1 Å². The highest BCUT2D eigenvalue weighted by Crippen LogP contribution is 2.27. The first-order valence-corrected chi connectivity index (χ1v) is 9.30. The number of esters is 1. The van der Waals surface area contributed by atoms with Crippen molar-refractivity contribution in [2.45, 2.75) is 20.8 Å². The number of carbonyl (C=O) groups excluding carboxylic acids is 2. The lowest BCUT2D eigenvalue weighted by molar-refractivity contribution is -0.119. The van der Waals surface area contributed by atoms with Crippen molar-refractivity contribution < 1.29 is 18.8 Å². The van der Waals surface area contributed by atoms with Crippen LogP contribution in [0.5, 0.6) is 0 Å². The summed E-state index contributed by atoms with van der Waals surface area (Å²) in [5.41, 5.74) is 3.57. The summed E-state index contributed by atoms with van der Waals surface area (Å²) >= 11 is 1.36. The zero-order valence-electron chi connectivity index (χ0n) is 15.4. The largest absolute Gasteiger partial charge is 0.452 e. The molecule has 28 heavy (non-hydrogen) atoms. The van der Waals surface area contributed by atoms with Crippen LogP contribution >= 0.6 is 11.3 Å². The van der Waals surface area contributed by atoms with E-state index in [4.69, 9.17) is 9.26 Å². The number of amides is 1. The predicted molar refractivity (Wildman–Crippen MR) is 105 cm³/mol. The van der Waals surface area contributed by atoms with Crippen LogP contribution in [0.25, 0.3) is 21.3 Å². The third-order valence-electron chi connectivity index (χ3n) is 4.09. The van der Waals surface area contributed by atoms with Gasteiger partial charge in [0.25, 0.3) is 11.6 Å². The first-order valence-electron chi connectivity index (χ1n) is 8.48. The molecule has 0 aliphatic carbocycles. The fourth-order valence-electron chi connectivity index (χ4n) is 2.83. The molecule has 1 N–H and O–H groups in total. The Morgan fingerprint density at radius 1 is 1.18 bits per heavy atom. The lowest BCUT2D eigenvalue weighted by atomic mass is 10.1. The quantitative estimate of drug-likeness (QED) is 0.526. The van der Waals surface area contributed by atoms with Crippen molar-refractivity contribution in [2.75, 3.05) is 11.9 Å². The molecule has 142 valence electrons. The highest BCUT2D eigenvalue weighted by atomic mass is 32.1. The van der Waals surface area contributed by atoms with Gasteiger partial charge in [-0.05, 0) is 44.5 Å². The number of fused-ring (bicyclic) bond motifs is 2. The maximum atomic E-state index is 12.5. The van der Waals surface area contributed by atoms with Crippen molar-refractivity contribution in [1.29, 1.82) is 0 Å². The number of hydrogen-bond acceptors (Lipinski definition) is 8. The van der Waals surface area contributed by atoms with Crippen LogP contribution < -0.4 is 5.32 Å². The number of ether oxygens (including phenoxy) is 1. The van der Waals surface area contributed by atoms with E-state index in [-0.39, 0.29) is 11.3 Å². The highest BCUT2D eigenvalue weighted by molar-refractivity contribution is 7.22. The molecule has 0 saturated heterocycles. The molecule has 0 radical (unpaired) electrons. The van der Waals surface area contributed by atoms with Gasteiger partial charge in [-0.3, -0.25) is 10.1 Å². The van der Waals surface area contributed by atoms with Gasteiger partial charge in [-0.25, -0.2) is 14.8 Å². The van der Waals surface area contributed by atoms with Crippen molar-refractivity contribution >= 4 is 49.7 Å². The molecule has 0 spiro atoms. The third-order valence-corrected chi connectivity index (χ3v) is 5.02. The molecule has 0 saturated carbocycles. The molecule has 0 atom stereocenters. The van der Waals surface area contributed by atoms with Crippen LogP contribution in [0.4, 0.5) is 5.13 Å². The summed E-state index contributed by atoms with van der Waals surface area (Å²) in [7, 11) is 0. The minimum atomic E-state index is -0.642. The predicted octanol–water partition coefficient (Wildman–Crippen LogP) is 3.55. The molecule has 1 aromatic carbocycles. The molecule has 0 unspecified atom stereocenters. The maximum absolute atomic E-state index is 12.5. The number of aryl methyl sites for hydroxylation is 3. The third kappa shape index (κ3) is 3.44. The van der Waals surface area contributed by atoms with E-state index in [1.54, 1.807) is 19.9 Å². The van der Waals surface area contributed by atoms with E-state index in [2.05, 4.69) is 20.4 Å². The van der Waals surface area contributed by atoms with Crippen LogP contribution in [0.3, 0.4) is 0 Å². The summed E-state index contributed by atoms with van der Waals surface area (Å²) in [6, 6.07) is 7.44. The number of nitrogens with zero attached hydrogens (tertiary/aromatic N) is 3. The Morgan fingerprint density at radius 3 is 2.82 bits per heavy atom. The van der Waals surface area contributed by atoms with Crippen LogP contribution in [0.2, 0.25) is 0 Å². The Balaban J connectivity index is 1.46. The second-order valence-electron chi connectivity index (χ2n) is 6.37. The molecule has 0 bridgehead atoms. The van der Waals surface area contributed by atoms with Crippen LogP contribution in [0.15, 0.2) is 28.8 Å². The van der Waals surface area contributed by atoms with Gasteiger partial charge in [-0.15, -0.1) is 0 Å². The molecule has 1 amide bonds. The lowest BCUT2D eigenvalue weighted by Gasteiger charge is -2.06. The minimum Gasteiger partial charge on any atom is -0.452 e. The molecule has 0 fully saturated rings. The normalized spacial score (nSPS) is 11.1. The summed E-state index contributed by atoms with van der Waals surface area (Å²) in [6.07, 6.45) is 0. The summed E-state index contributed by atoms with van der Waals surface area (Å²) in [5, 5.41) is 7.43. The average molecular weight is 396 g/mol. The molecule has 3 heterocycles. The van der Waals surface area contributed by atoms with Gasteiger partial charge >= 0.3 is 5.97 Å². The van der Waals surface area contributed by atoms with Gasteiger partial charge in [-0.2, -0.15) is 0 Å². The zero-order chi connectivity index (χ0) is 19.8. The summed E-state index contributed by atoms with van der Waals surface area (Å²) in [4.78, 5) is 33.2. The Morgan fingerprint density at radius 2 is 2.00 bits per heavy atom. The SMILES string of the molecule is Cc1ccc2nc(NC(=O)COC(=O)c3cc(C)nc4onc(C)c34)sc2c1. The monoisotopic (exact) mass is 396 g/mol. The molecular weight excluding hydrogens is 380 g/mol. The lowest BCUT2D eigenvalue weighted by Crippen LogP contribution is -2.21. The molecule has 4 rings (SSSR count). The van der Waals surface area contributed by atoms with Crippen molar-refractivity contribution in [1.82, 2.24) is 15.1 Å². The van der Waals surface area contributed by atoms with E-state index >= 15 is 0 Å². The second-order valence-corrected chi connectivity index (χ2v) is 7.40. The Bertz CT molecular complexity index is 1230. The van der Waals surface area contributed by atoms with E-state index in [0.29, 0.717) is 21.9 Å². The molecule has 4 aromatic rings. The standard InChI is InChI=1S/C19H16N4O4S/c1-9-4-5-13-14(6-9)28-19(21-13)22-15(24)8-26-18(25)12-7-10(2)20-17-16(12)11(3)23-27-17/h4-7H,8H2,1-3H3,(H,21,22,24). The Kier molecular flexibility index (Phi) is 4.52. The summed E-state index contributed by atoms with van der Waals surface area (Å²) < 4.78 is 11.3. The number of rotatable bonds is 4. The van der Waals surface area contributed by atoms with E-state index in [1.165, 1.54) is 11.3 Å². The minimum absolute atomic E-state index is 0.263. The molecular formula is C19H16N4O4S. The first kappa shape index (κ1) is 18.1. The Labute approximate surface area is 163 Å².